The van der Waals surface area contributed by atoms with Crippen LogP contribution in [0.4, 0.5) is 0 Å². The Morgan fingerprint density at radius 2 is 0.971 bits per heavy atom. The molecular formula is C14H8N6Na4O10. The van der Waals surface area contributed by atoms with Crippen LogP contribution in [0.5, 0.6) is 0 Å². The van der Waals surface area contributed by atoms with E-state index < -0.39 is 70.9 Å². The molecule has 0 bridgehead atoms. The fraction of sp³-hybridized carbons (Fsp3) is 0.429. The zero-order valence-electron chi connectivity index (χ0n) is 18.5. The van der Waals surface area contributed by atoms with Gasteiger partial charge in [-0.25, -0.2) is 9.36 Å². The maximum absolute atomic E-state index is 11.4. The number of fused-ring (bicyclic) bond motifs is 1. The number of ether oxygens (including phenoxy) is 2. The molecule has 2 saturated heterocycles. The van der Waals surface area contributed by atoms with E-state index in [9.17, 15) is 39.6 Å². The summed E-state index contributed by atoms with van der Waals surface area (Å²) in [6.07, 6.45) is -1.87. The van der Waals surface area contributed by atoms with Gasteiger partial charge in [-0.15, -0.1) is 10.2 Å². The van der Waals surface area contributed by atoms with Crippen molar-refractivity contribution in [2.24, 2.45) is 0 Å². The van der Waals surface area contributed by atoms with Gasteiger partial charge in [-0.05, 0) is 0 Å². The van der Waals surface area contributed by atoms with E-state index >= 15 is 0 Å². The van der Waals surface area contributed by atoms with Crippen LogP contribution in [-0.2, 0) is 9.47 Å². The van der Waals surface area contributed by atoms with Gasteiger partial charge < -0.3 is 49.1 Å². The van der Waals surface area contributed by atoms with E-state index in [1.807, 2.05) is 0 Å². The summed E-state index contributed by atoms with van der Waals surface area (Å²) in [5.74, 6) is -7.49. The topological polar surface area (TPSA) is 240 Å². The average Bonchev–Trinajstić information content (AvgIpc) is 3.41. The molecule has 2 aromatic rings. The first-order valence-electron chi connectivity index (χ1n) is 8.21. The zero-order valence-corrected chi connectivity index (χ0v) is 26.5. The molecule has 0 N–H and O–H groups in total. The standard InChI is InChI=1S/C14H12N6O10.4Na/c21-11(22)5-7(13(25)26)19(17-15-5)3-1-29-10-4(2-30-9(3)10)20-8(14(27)28)6(12(23)24)16-18-20;;;;/h3-4,9-10H,1-2H2,(H,21,22)(H,23,24)(H,25,26)(H,27,28);;;;/q;4*+1/p-4/t3-,4?,9?,10?;;;;/m0..../s1. The molecular weight excluding hydrogens is 504 g/mol. The van der Waals surface area contributed by atoms with Crippen molar-refractivity contribution in [3.05, 3.63) is 22.8 Å². The summed E-state index contributed by atoms with van der Waals surface area (Å²) in [7, 11) is 0. The molecule has 4 heterocycles. The summed E-state index contributed by atoms with van der Waals surface area (Å²) in [5, 5.41) is 58.5. The van der Waals surface area contributed by atoms with Crippen LogP contribution in [0, 0.1) is 0 Å². The van der Waals surface area contributed by atoms with Crippen LogP contribution in [0.25, 0.3) is 0 Å². The van der Waals surface area contributed by atoms with Gasteiger partial charge in [-0.3, -0.25) is 0 Å². The first-order valence-corrected chi connectivity index (χ1v) is 8.21. The number of aromatic carboxylic acids is 4. The monoisotopic (exact) mass is 512 g/mol. The molecule has 4 atom stereocenters. The van der Waals surface area contributed by atoms with Gasteiger partial charge in [0.1, 0.15) is 47.1 Å². The quantitative estimate of drug-likeness (QED) is 0.327. The van der Waals surface area contributed by atoms with E-state index in [4.69, 9.17) is 9.47 Å². The average molecular weight is 512 g/mol. The number of nitrogens with zero attached hydrogens (tertiary/aromatic N) is 6. The molecule has 0 saturated carbocycles. The molecule has 158 valence electrons. The van der Waals surface area contributed by atoms with Crippen LogP contribution in [0.2, 0.25) is 0 Å². The Kier molecular flexibility index (Phi) is 13.6. The first-order chi connectivity index (χ1) is 14.2. The van der Waals surface area contributed by atoms with E-state index in [1.54, 1.807) is 0 Å². The number of hydrogen-bond donors (Lipinski definition) is 0. The SMILES string of the molecule is O=C([O-])c1nnn(C2COC3C2OC[C@@H]3n2nnc(C(=O)[O-])c2C(=O)[O-])c1C(=O)[O-].[Na+].[Na+].[Na+].[Na+]. The van der Waals surface area contributed by atoms with Gasteiger partial charge in [-0.2, -0.15) is 0 Å². The Balaban J connectivity index is 0.00000272. The number of carboxylic acid groups (broad SMARTS) is 4. The predicted octanol–water partition coefficient (Wildman–Crippen LogP) is -19.1. The maximum atomic E-state index is 11.4. The molecule has 2 aliphatic heterocycles. The summed E-state index contributed by atoms with van der Waals surface area (Å²) in [5.41, 5.74) is -3.59. The number of hydrogen-bond acceptors (Lipinski definition) is 14. The van der Waals surface area contributed by atoms with Crippen LogP contribution in [-0.4, -0.2) is 79.3 Å². The molecule has 0 amide bonds. The van der Waals surface area contributed by atoms with E-state index in [0.717, 1.165) is 9.36 Å². The first kappa shape index (κ1) is 34.1. The molecule has 2 fully saturated rings. The summed E-state index contributed by atoms with van der Waals surface area (Å²) < 4.78 is 12.6. The second-order valence-corrected chi connectivity index (χ2v) is 6.34. The van der Waals surface area contributed by atoms with Crippen LogP contribution in [0.3, 0.4) is 0 Å². The summed E-state index contributed by atoms with van der Waals surface area (Å²) >= 11 is 0. The van der Waals surface area contributed by atoms with Crippen molar-refractivity contribution in [3.8, 4) is 0 Å². The van der Waals surface area contributed by atoms with Crippen molar-refractivity contribution in [1.29, 1.82) is 0 Å². The Morgan fingerprint density at radius 1 is 0.647 bits per heavy atom. The predicted molar refractivity (Wildman–Crippen MR) is 74.9 cm³/mol. The molecule has 0 aromatic carbocycles. The Hall–Kier alpha value is 0.0800. The number of carbonyl (C=O) groups excluding carboxylic acids is 4. The zero-order chi connectivity index (χ0) is 21.7. The van der Waals surface area contributed by atoms with E-state index in [2.05, 4.69) is 20.6 Å². The minimum absolute atomic E-state index is 0. The largest absolute Gasteiger partial charge is 1.00 e. The van der Waals surface area contributed by atoms with Gasteiger partial charge >= 0.3 is 118 Å². The molecule has 0 spiro atoms. The summed E-state index contributed by atoms with van der Waals surface area (Å²) in [4.78, 5) is 44.9. The molecule has 0 radical (unpaired) electrons. The third kappa shape index (κ3) is 5.96. The molecule has 0 aliphatic carbocycles. The van der Waals surface area contributed by atoms with Gasteiger partial charge in [0.05, 0.1) is 37.1 Å². The van der Waals surface area contributed by atoms with Gasteiger partial charge in [-0.1, -0.05) is 10.4 Å². The molecule has 2 aromatic heterocycles. The van der Waals surface area contributed by atoms with E-state index in [-0.39, 0.29) is 131 Å². The van der Waals surface area contributed by atoms with Crippen LogP contribution in [0.1, 0.15) is 54.0 Å². The Morgan fingerprint density at radius 3 is 1.24 bits per heavy atom. The fourth-order valence-corrected chi connectivity index (χ4v) is 3.59. The molecule has 16 nitrogen and oxygen atoms in total. The number of carbonyl (C=O) groups is 4. The minimum atomic E-state index is -1.88. The van der Waals surface area contributed by atoms with Crippen molar-refractivity contribution in [3.63, 3.8) is 0 Å². The van der Waals surface area contributed by atoms with E-state index in [1.165, 1.54) is 0 Å². The summed E-state index contributed by atoms with van der Waals surface area (Å²) in [6.45, 7) is -0.435. The van der Waals surface area contributed by atoms with Crippen LogP contribution < -0.4 is 139 Å². The normalized spacial score (nSPS) is 22.2. The smallest absolute Gasteiger partial charge is 0.543 e. The van der Waals surface area contributed by atoms with Gasteiger partial charge in [0.15, 0.2) is 0 Å². The van der Waals surface area contributed by atoms with Crippen LogP contribution in [0.15, 0.2) is 0 Å². The molecule has 34 heavy (non-hydrogen) atoms. The van der Waals surface area contributed by atoms with E-state index in [0.29, 0.717) is 0 Å². The molecule has 2 aliphatic rings. The Bertz CT molecular complexity index is 1010. The third-order valence-corrected chi connectivity index (χ3v) is 4.79. The third-order valence-electron chi connectivity index (χ3n) is 4.79. The summed E-state index contributed by atoms with van der Waals surface area (Å²) in [6, 6.07) is -1.94. The maximum Gasteiger partial charge on any atom is 1.00 e. The molecule has 4 rings (SSSR count). The van der Waals surface area contributed by atoms with Crippen LogP contribution >= 0.6 is 0 Å². The van der Waals surface area contributed by atoms with Gasteiger partial charge in [0.25, 0.3) is 0 Å². The van der Waals surface area contributed by atoms with Crippen molar-refractivity contribution in [2.75, 3.05) is 13.2 Å². The molecule has 3 unspecified atom stereocenters. The van der Waals surface area contributed by atoms with Crippen molar-refractivity contribution >= 4 is 23.9 Å². The minimum Gasteiger partial charge on any atom is -0.543 e. The van der Waals surface area contributed by atoms with Crippen molar-refractivity contribution in [2.45, 2.75) is 24.3 Å². The second-order valence-electron chi connectivity index (χ2n) is 6.34. The second kappa shape index (κ2) is 13.6. The van der Waals surface area contributed by atoms with Crippen molar-refractivity contribution < 1.29 is 167 Å². The molecule has 20 heteroatoms. The number of aromatic nitrogens is 6. The number of carboxylic acids is 4. The van der Waals surface area contributed by atoms with Gasteiger partial charge in [0, 0.05) is 0 Å². The van der Waals surface area contributed by atoms with Gasteiger partial charge in [0.2, 0.25) is 0 Å². The van der Waals surface area contributed by atoms with Crippen molar-refractivity contribution in [1.82, 2.24) is 30.0 Å². The number of rotatable bonds is 6. The fourth-order valence-electron chi connectivity index (χ4n) is 3.59. The Labute approximate surface area is 277 Å².